The summed E-state index contributed by atoms with van der Waals surface area (Å²) in [6.45, 7) is 0. The van der Waals surface area contributed by atoms with Crippen molar-refractivity contribution in [3.8, 4) is 11.8 Å². The summed E-state index contributed by atoms with van der Waals surface area (Å²) in [4.78, 5) is 4.20. The molecule has 2 rings (SSSR count). The Balaban J connectivity index is 2.00. The lowest BCUT2D eigenvalue weighted by atomic mass is 10.1. The molecule has 0 saturated carbocycles. The van der Waals surface area contributed by atoms with Crippen molar-refractivity contribution in [2.24, 2.45) is 0 Å². The Bertz CT molecular complexity index is 604. The van der Waals surface area contributed by atoms with E-state index in [1.165, 1.54) is 0 Å². The van der Waals surface area contributed by atoms with Crippen LogP contribution in [0.2, 0.25) is 0 Å². The number of aliphatic hydroxyl groups excluding tert-OH is 1. The first kappa shape index (κ1) is 14.0. The molecular weight excluding hydrogens is 258 g/mol. The van der Waals surface area contributed by atoms with Gasteiger partial charge in [0.05, 0.1) is 32.1 Å². The quantitative estimate of drug-likeness (QED) is 0.857. The molecule has 1 aromatic carbocycles. The predicted octanol–water partition coefficient (Wildman–Crippen LogP) is 1.49. The third-order valence-corrected chi connectivity index (χ3v) is 2.74. The van der Waals surface area contributed by atoms with E-state index in [2.05, 4.69) is 10.1 Å². The van der Waals surface area contributed by atoms with Gasteiger partial charge in [-0.2, -0.15) is 10.2 Å². The van der Waals surface area contributed by atoms with Crippen molar-refractivity contribution in [1.82, 2.24) is 10.1 Å². The average Bonchev–Trinajstić information content (AvgIpc) is 2.86. The minimum Gasteiger partial charge on any atom is -0.497 e. The van der Waals surface area contributed by atoms with Crippen LogP contribution >= 0.6 is 0 Å². The first-order chi connectivity index (χ1) is 9.71. The van der Waals surface area contributed by atoms with Gasteiger partial charge in [0, 0.05) is 6.42 Å². The van der Waals surface area contributed by atoms with Crippen LogP contribution in [0.5, 0.6) is 5.75 Å². The zero-order valence-corrected chi connectivity index (χ0v) is 11.1. The van der Waals surface area contributed by atoms with Crippen molar-refractivity contribution in [3.05, 3.63) is 41.5 Å². The van der Waals surface area contributed by atoms with Crippen LogP contribution in [0.1, 0.15) is 23.7 Å². The minimum atomic E-state index is -0.773. The Morgan fingerprint density at radius 3 is 3.10 bits per heavy atom. The molecule has 0 bridgehead atoms. The van der Waals surface area contributed by atoms with E-state index in [1.807, 2.05) is 30.3 Å². The zero-order valence-electron chi connectivity index (χ0n) is 11.1. The Hall–Kier alpha value is -2.39. The molecular formula is C14H15N3O3. The number of hydrogen-bond acceptors (Lipinski definition) is 6. The molecule has 1 atom stereocenters. The zero-order chi connectivity index (χ0) is 14.4. The van der Waals surface area contributed by atoms with E-state index in [0.717, 1.165) is 11.3 Å². The summed E-state index contributed by atoms with van der Waals surface area (Å²) in [7, 11) is 1.61. The summed E-state index contributed by atoms with van der Waals surface area (Å²) in [5.41, 5.74) is 1.01. The molecule has 6 nitrogen and oxygen atoms in total. The van der Waals surface area contributed by atoms with Gasteiger partial charge >= 0.3 is 0 Å². The molecule has 0 amide bonds. The molecule has 1 heterocycles. The van der Waals surface area contributed by atoms with E-state index in [0.29, 0.717) is 18.1 Å². The average molecular weight is 273 g/mol. The molecule has 0 radical (unpaired) electrons. The highest BCUT2D eigenvalue weighted by Gasteiger charge is 2.12. The second-order valence-electron chi connectivity index (χ2n) is 4.35. The molecule has 20 heavy (non-hydrogen) atoms. The second kappa shape index (κ2) is 6.68. The molecule has 1 N–H and O–H groups in total. The van der Waals surface area contributed by atoms with E-state index >= 15 is 0 Å². The number of hydrogen-bond donors (Lipinski definition) is 1. The fourth-order valence-electron chi connectivity index (χ4n) is 1.79. The number of nitrogens with zero attached hydrogens (tertiary/aromatic N) is 3. The summed E-state index contributed by atoms with van der Waals surface area (Å²) in [5, 5.41) is 21.8. The number of aromatic nitrogens is 2. The number of ether oxygens (including phenoxy) is 1. The Morgan fingerprint density at radius 1 is 1.50 bits per heavy atom. The normalized spacial score (nSPS) is 11.8. The molecule has 1 aromatic heterocycles. The SMILES string of the molecule is COc1cccc(Cc2noc(CC(O)CC#N)n2)c1. The molecule has 0 fully saturated rings. The fourth-order valence-corrected chi connectivity index (χ4v) is 1.79. The molecule has 1 unspecified atom stereocenters. The molecule has 104 valence electrons. The van der Waals surface area contributed by atoms with Crippen molar-refractivity contribution >= 4 is 0 Å². The molecule has 0 saturated heterocycles. The van der Waals surface area contributed by atoms with Gasteiger partial charge in [0.25, 0.3) is 0 Å². The van der Waals surface area contributed by atoms with Crippen molar-refractivity contribution in [1.29, 1.82) is 5.26 Å². The van der Waals surface area contributed by atoms with Gasteiger partial charge in [-0.3, -0.25) is 0 Å². The van der Waals surface area contributed by atoms with Crippen LogP contribution in [0.15, 0.2) is 28.8 Å². The van der Waals surface area contributed by atoms with Gasteiger partial charge in [-0.15, -0.1) is 0 Å². The largest absolute Gasteiger partial charge is 0.497 e. The monoisotopic (exact) mass is 273 g/mol. The summed E-state index contributed by atoms with van der Waals surface area (Å²) in [6.07, 6.45) is -0.00785. The maximum absolute atomic E-state index is 9.50. The third kappa shape index (κ3) is 3.80. The third-order valence-electron chi connectivity index (χ3n) is 2.74. The van der Waals surface area contributed by atoms with E-state index in [-0.39, 0.29) is 12.8 Å². The molecule has 0 aliphatic heterocycles. The van der Waals surface area contributed by atoms with E-state index in [9.17, 15) is 5.11 Å². The van der Waals surface area contributed by atoms with E-state index < -0.39 is 6.10 Å². The van der Waals surface area contributed by atoms with Crippen molar-refractivity contribution in [3.63, 3.8) is 0 Å². The van der Waals surface area contributed by atoms with Crippen LogP contribution in [-0.4, -0.2) is 28.5 Å². The number of rotatable bonds is 6. The minimum absolute atomic E-state index is 0.0492. The molecule has 0 spiro atoms. The van der Waals surface area contributed by atoms with Gasteiger partial charge in [-0.05, 0) is 17.7 Å². The fraction of sp³-hybridized carbons (Fsp3) is 0.357. The molecule has 2 aromatic rings. The number of aliphatic hydroxyl groups is 1. The van der Waals surface area contributed by atoms with Gasteiger partial charge < -0.3 is 14.4 Å². The van der Waals surface area contributed by atoms with E-state index in [4.69, 9.17) is 14.5 Å². The van der Waals surface area contributed by atoms with E-state index in [1.54, 1.807) is 7.11 Å². The Morgan fingerprint density at radius 2 is 2.35 bits per heavy atom. The summed E-state index contributed by atoms with van der Waals surface area (Å²) in [5.74, 6) is 1.65. The topological polar surface area (TPSA) is 92.2 Å². The van der Waals surface area contributed by atoms with Crippen LogP contribution in [0.3, 0.4) is 0 Å². The Kier molecular flexibility index (Phi) is 4.69. The summed E-state index contributed by atoms with van der Waals surface area (Å²) in [6, 6.07) is 9.50. The predicted molar refractivity (Wildman–Crippen MR) is 70.0 cm³/mol. The first-order valence-corrected chi connectivity index (χ1v) is 6.20. The van der Waals surface area contributed by atoms with Gasteiger partial charge in [0.2, 0.25) is 5.89 Å². The second-order valence-corrected chi connectivity index (χ2v) is 4.35. The smallest absolute Gasteiger partial charge is 0.229 e. The van der Waals surface area contributed by atoms with Crippen LogP contribution in [0.25, 0.3) is 0 Å². The highest BCUT2D eigenvalue weighted by atomic mass is 16.5. The highest BCUT2D eigenvalue weighted by Crippen LogP contribution is 2.15. The molecule has 0 aliphatic rings. The van der Waals surface area contributed by atoms with Crippen molar-refractivity contribution < 1.29 is 14.4 Å². The molecule has 6 heteroatoms. The maximum Gasteiger partial charge on any atom is 0.229 e. The number of nitriles is 1. The molecule has 0 aliphatic carbocycles. The van der Waals surface area contributed by atoms with Gasteiger partial charge in [0.1, 0.15) is 5.75 Å². The standard InChI is InChI=1S/C14H15N3O3/c1-19-12-4-2-3-10(7-12)8-13-16-14(20-17-13)9-11(18)5-6-15/h2-4,7,11,18H,5,8-9H2,1H3. The maximum atomic E-state index is 9.50. The van der Waals surface area contributed by atoms with Gasteiger partial charge in [-0.25, -0.2) is 0 Å². The first-order valence-electron chi connectivity index (χ1n) is 6.20. The summed E-state index contributed by atoms with van der Waals surface area (Å²) < 4.78 is 10.2. The van der Waals surface area contributed by atoms with Gasteiger partial charge in [-0.1, -0.05) is 17.3 Å². The highest BCUT2D eigenvalue weighted by molar-refractivity contribution is 5.30. The van der Waals surface area contributed by atoms with Crippen LogP contribution in [0.4, 0.5) is 0 Å². The van der Waals surface area contributed by atoms with Crippen LogP contribution in [0, 0.1) is 11.3 Å². The van der Waals surface area contributed by atoms with Gasteiger partial charge in [0.15, 0.2) is 5.82 Å². The number of methoxy groups -OCH3 is 1. The number of benzene rings is 1. The lowest BCUT2D eigenvalue weighted by Gasteiger charge is -2.01. The summed E-state index contributed by atoms with van der Waals surface area (Å²) >= 11 is 0. The lowest BCUT2D eigenvalue weighted by Crippen LogP contribution is -2.09. The Labute approximate surface area is 116 Å². The van der Waals surface area contributed by atoms with Crippen molar-refractivity contribution in [2.45, 2.75) is 25.4 Å². The van der Waals surface area contributed by atoms with Crippen LogP contribution in [-0.2, 0) is 12.8 Å². The lowest BCUT2D eigenvalue weighted by molar-refractivity contribution is 0.167. The van der Waals surface area contributed by atoms with Crippen LogP contribution < -0.4 is 4.74 Å². The van der Waals surface area contributed by atoms with Crippen molar-refractivity contribution in [2.75, 3.05) is 7.11 Å².